The topological polar surface area (TPSA) is 12.0 Å². The summed E-state index contributed by atoms with van der Waals surface area (Å²) in [4.78, 5) is 1.35. The molecule has 0 spiro atoms. The first-order chi connectivity index (χ1) is 9.10. The molecule has 0 radical (unpaired) electrons. The number of halogens is 1. The second kappa shape index (κ2) is 6.58. The Bertz CT molecular complexity index is 518. The van der Waals surface area contributed by atoms with Crippen LogP contribution in [-0.4, -0.2) is 0 Å². The molecule has 0 saturated carbocycles. The van der Waals surface area contributed by atoms with Crippen molar-refractivity contribution in [1.82, 2.24) is 0 Å². The van der Waals surface area contributed by atoms with E-state index < -0.39 is 0 Å². The molecule has 102 valence electrons. The van der Waals surface area contributed by atoms with E-state index in [1.807, 2.05) is 0 Å². The lowest BCUT2D eigenvalue weighted by atomic mass is 9.98. The highest BCUT2D eigenvalue weighted by molar-refractivity contribution is 9.10. The van der Waals surface area contributed by atoms with Crippen LogP contribution in [0.4, 0.5) is 5.69 Å². The zero-order valence-corrected chi connectivity index (χ0v) is 14.0. The molecule has 2 aromatic rings. The van der Waals surface area contributed by atoms with E-state index in [2.05, 4.69) is 77.7 Å². The minimum atomic E-state index is 0.339. The third-order valence-corrected chi connectivity index (χ3v) is 5.37. The van der Waals surface area contributed by atoms with Crippen molar-refractivity contribution < 1.29 is 0 Å². The Morgan fingerprint density at radius 1 is 1.21 bits per heavy atom. The summed E-state index contributed by atoms with van der Waals surface area (Å²) in [6, 6.07) is 11.3. The molecular formula is C16H20BrNS. The van der Waals surface area contributed by atoms with Crippen molar-refractivity contribution >= 4 is 33.0 Å². The van der Waals surface area contributed by atoms with E-state index in [1.165, 1.54) is 22.5 Å². The fourth-order valence-corrected chi connectivity index (χ4v) is 3.47. The molecule has 2 atom stereocenters. The lowest BCUT2D eigenvalue weighted by molar-refractivity contribution is 0.733. The van der Waals surface area contributed by atoms with Crippen LogP contribution in [0.15, 0.2) is 40.2 Å². The molecule has 0 saturated heterocycles. The van der Waals surface area contributed by atoms with Gasteiger partial charge in [0.2, 0.25) is 0 Å². The largest absolute Gasteiger partial charge is 0.378 e. The second-order valence-electron chi connectivity index (χ2n) is 4.96. The van der Waals surface area contributed by atoms with Gasteiger partial charge in [0.25, 0.3) is 0 Å². The summed E-state index contributed by atoms with van der Waals surface area (Å²) >= 11 is 5.28. The molecule has 0 amide bonds. The van der Waals surface area contributed by atoms with E-state index in [4.69, 9.17) is 0 Å². The van der Waals surface area contributed by atoms with E-state index in [0.717, 1.165) is 4.47 Å². The van der Waals surface area contributed by atoms with Crippen molar-refractivity contribution in [2.24, 2.45) is 0 Å². The molecule has 3 heteroatoms. The Balaban J connectivity index is 2.03. The first-order valence-corrected chi connectivity index (χ1v) is 8.37. The molecule has 0 bridgehead atoms. The number of hydrogen-bond acceptors (Lipinski definition) is 2. The van der Waals surface area contributed by atoms with Crippen molar-refractivity contribution in [3.63, 3.8) is 0 Å². The number of nitrogens with one attached hydrogen (secondary N) is 1. The van der Waals surface area contributed by atoms with Crippen molar-refractivity contribution in [3.8, 4) is 0 Å². The Morgan fingerprint density at radius 3 is 2.42 bits per heavy atom. The maximum absolute atomic E-state index is 3.55. The summed E-state index contributed by atoms with van der Waals surface area (Å²) in [6.07, 6.45) is 1.19. The van der Waals surface area contributed by atoms with Gasteiger partial charge in [-0.2, -0.15) is 0 Å². The smallest absolute Gasteiger partial charge is 0.0578 e. The van der Waals surface area contributed by atoms with Crippen LogP contribution in [0.1, 0.15) is 49.6 Å². The third-order valence-electron chi connectivity index (χ3n) is 3.49. The van der Waals surface area contributed by atoms with Crippen LogP contribution in [0, 0.1) is 0 Å². The normalized spacial score (nSPS) is 14.1. The van der Waals surface area contributed by atoms with E-state index in [-0.39, 0.29) is 0 Å². The monoisotopic (exact) mass is 337 g/mol. The van der Waals surface area contributed by atoms with E-state index in [0.29, 0.717) is 12.0 Å². The Labute approximate surface area is 128 Å². The molecule has 0 aliphatic rings. The number of thiophene rings is 1. The molecular weight excluding hydrogens is 318 g/mol. The molecule has 1 aromatic carbocycles. The van der Waals surface area contributed by atoms with Gasteiger partial charge in [-0.25, -0.2) is 0 Å². The van der Waals surface area contributed by atoms with Gasteiger partial charge in [-0.3, -0.25) is 0 Å². The van der Waals surface area contributed by atoms with Crippen molar-refractivity contribution in [1.29, 1.82) is 0 Å². The van der Waals surface area contributed by atoms with Gasteiger partial charge in [0.15, 0.2) is 0 Å². The molecule has 19 heavy (non-hydrogen) atoms. The zero-order chi connectivity index (χ0) is 13.8. The predicted molar refractivity (Wildman–Crippen MR) is 89.2 cm³/mol. The summed E-state index contributed by atoms with van der Waals surface area (Å²) in [7, 11) is 0. The van der Waals surface area contributed by atoms with Gasteiger partial charge in [-0.05, 0) is 59.0 Å². The summed E-state index contributed by atoms with van der Waals surface area (Å²) in [6.45, 7) is 6.70. The van der Waals surface area contributed by atoms with Gasteiger partial charge in [0.05, 0.1) is 6.04 Å². The maximum atomic E-state index is 3.55. The number of anilines is 1. The molecule has 0 aliphatic carbocycles. The van der Waals surface area contributed by atoms with E-state index in [1.54, 1.807) is 11.3 Å². The first-order valence-electron chi connectivity index (χ1n) is 6.70. The molecule has 1 N–H and O–H groups in total. The van der Waals surface area contributed by atoms with Crippen LogP contribution in [0.5, 0.6) is 0 Å². The molecule has 0 aliphatic heterocycles. The summed E-state index contributed by atoms with van der Waals surface area (Å²) in [5.41, 5.74) is 2.60. The quantitative estimate of drug-likeness (QED) is 0.685. The number of hydrogen-bond donors (Lipinski definition) is 1. The highest BCUT2D eigenvalue weighted by Gasteiger charge is 2.08. The maximum Gasteiger partial charge on any atom is 0.0578 e. The Kier molecular flexibility index (Phi) is 5.06. The van der Waals surface area contributed by atoms with Gasteiger partial charge in [-0.1, -0.05) is 26.0 Å². The zero-order valence-electron chi connectivity index (χ0n) is 11.6. The van der Waals surface area contributed by atoms with Gasteiger partial charge in [0, 0.05) is 20.4 Å². The Hall–Kier alpha value is -0.800. The minimum Gasteiger partial charge on any atom is -0.378 e. The Morgan fingerprint density at radius 2 is 1.89 bits per heavy atom. The van der Waals surface area contributed by atoms with Crippen LogP contribution >= 0.6 is 27.3 Å². The molecule has 0 fully saturated rings. The van der Waals surface area contributed by atoms with Crippen molar-refractivity contribution in [2.75, 3.05) is 5.32 Å². The summed E-state index contributed by atoms with van der Waals surface area (Å²) < 4.78 is 1.16. The highest BCUT2D eigenvalue weighted by atomic mass is 79.9. The lowest BCUT2D eigenvalue weighted by Crippen LogP contribution is -2.04. The predicted octanol–water partition coefficient (Wildman–Crippen LogP) is 6.20. The summed E-state index contributed by atoms with van der Waals surface area (Å²) in [5, 5.41) is 5.67. The van der Waals surface area contributed by atoms with Crippen LogP contribution in [-0.2, 0) is 0 Å². The molecule has 2 unspecified atom stereocenters. The first kappa shape index (κ1) is 14.6. The SMILES string of the molecule is CCC(C)c1ccc(NC(C)c2cc(Br)cs2)cc1. The van der Waals surface area contributed by atoms with Gasteiger partial charge < -0.3 is 5.32 Å². The second-order valence-corrected chi connectivity index (χ2v) is 6.82. The van der Waals surface area contributed by atoms with Gasteiger partial charge in [0.1, 0.15) is 0 Å². The van der Waals surface area contributed by atoms with Crippen LogP contribution in [0.2, 0.25) is 0 Å². The summed E-state index contributed by atoms with van der Waals surface area (Å²) in [5.74, 6) is 0.639. The van der Waals surface area contributed by atoms with Crippen LogP contribution in [0.3, 0.4) is 0 Å². The molecule has 2 rings (SSSR count). The molecule has 1 aromatic heterocycles. The standard InChI is InChI=1S/C16H20BrNS/c1-4-11(2)13-5-7-15(8-6-13)18-12(3)16-9-14(17)10-19-16/h5-12,18H,4H2,1-3H3. The van der Waals surface area contributed by atoms with Crippen LogP contribution in [0.25, 0.3) is 0 Å². The third kappa shape index (κ3) is 3.83. The number of benzene rings is 1. The fraction of sp³-hybridized carbons (Fsp3) is 0.375. The minimum absolute atomic E-state index is 0.339. The molecule has 1 nitrogen and oxygen atoms in total. The lowest BCUT2D eigenvalue weighted by Gasteiger charge is -2.15. The fourth-order valence-electron chi connectivity index (χ4n) is 2.02. The average molecular weight is 338 g/mol. The van der Waals surface area contributed by atoms with Crippen molar-refractivity contribution in [3.05, 3.63) is 50.6 Å². The average Bonchev–Trinajstić information content (AvgIpc) is 2.85. The van der Waals surface area contributed by atoms with Gasteiger partial charge in [-0.15, -0.1) is 11.3 Å². The van der Waals surface area contributed by atoms with Crippen LogP contribution < -0.4 is 5.32 Å². The highest BCUT2D eigenvalue weighted by Crippen LogP contribution is 2.28. The molecule has 1 heterocycles. The van der Waals surface area contributed by atoms with E-state index in [9.17, 15) is 0 Å². The van der Waals surface area contributed by atoms with Crippen molar-refractivity contribution in [2.45, 2.75) is 39.2 Å². The van der Waals surface area contributed by atoms with Gasteiger partial charge >= 0.3 is 0 Å². The van der Waals surface area contributed by atoms with E-state index >= 15 is 0 Å². The number of rotatable bonds is 5.